The van der Waals surface area contributed by atoms with E-state index in [0.717, 1.165) is 27.6 Å². The van der Waals surface area contributed by atoms with Crippen LogP contribution in [0.1, 0.15) is 11.6 Å². The van der Waals surface area contributed by atoms with E-state index in [0.29, 0.717) is 0 Å². The first-order valence-corrected chi connectivity index (χ1v) is 7.29. The van der Waals surface area contributed by atoms with E-state index in [2.05, 4.69) is 5.32 Å². The monoisotopic (exact) mass is 291 g/mol. The maximum absolute atomic E-state index is 10.7. The van der Waals surface area contributed by atoms with Gasteiger partial charge in [-0.15, -0.1) is 11.8 Å². The third-order valence-corrected chi connectivity index (χ3v) is 4.06. The topological polar surface area (TPSA) is 29.1 Å². The lowest BCUT2D eigenvalue weighted by molar-refractivity contribution is -0.110. The molecule has 2 rings (SSSR count). The molecule has 0 aliphatic heterocycles. The molecule has 0 fully saturated rings. The van der Waals surface area contributed by atoms with Gasteiger partial charge in [-0.2, -0.15) is 0 Å². The first kappa shape index (κ1) is 14.0. The fourth-order valence-corrected chi connectivity index (χ4v) is 2.82. The van der Waals surface area contributed by atoms with Gasteiger partial charge in [0.1, 0.15) is 0 Å². The van der Waals surface area contributed by atoms with E-state index in [1.54, 1.807) is 11.8 Å². The number of hydrogen-bond donors (Lipinski definition) is 1. The minimum Gasteiger partial charge on any atom is -0.351 e. The van der Waals surface area contributed by atoms with E-state index < -0.39 is 0 Å². The van der Waals surface area contributed by atoms with Crippen LogP contribution in [-0.4, -0.2) is 12.2 Å². The zero-order chi connectivity index (χ0) is 13.5. The van der Waals surface area contributed by atoms with E-state index in [1.807, 2.05) is 54.6 Å². The number of nitrogens with one attached hydrogen (secondary N) is 1. The van der Waals surface area contributed by atoms with Crippen LogP contribution in [0.15, 0.2) is 59.5 Å². The van der Waals surface area contributed by atoms with Crippen LogP contribution in [0.4, 0.5) is 0 Å². The van der Waals surface area contributed by atoms with Crippen molar-refractivity contribution in [3.63, 3.8) is 0 Å². The highest BCUT2D eigenvalue weighted by atomic mass is 35.5. The van der Waals surface area contributed by atoms with Crippen molar-refractivity contribution in [2.75, 3.05) is 5.75 Å². The van der Waals surface area contributed by atoms with Gasteiger partial charge < -0.3 is 5.32 Å². The molecule has 0 saturated heterocycles. The first-order valence-electron chi connectivity index (χ1n) is 5.92. The number of halogens is 1. The summed E-state index contributed by atoms with van der Waals surface area (Å²) in [4.78, 5) is 11.8. The second-order valence-corrected chi connectivity index (χ2v) is 5.54. The number of carbonyl (C=O) groups excluding carboxylic acids is 1. The summed E-state index contributed by atoms with van der Waals surface area (Å²) in [5.41, 5.74) is 1.11. The Morgan fingerprint density at radius 2 is 1.79 bits per heavy atom. The second kappa shape index (κ2) is 7.22. The number of carbonyl (C=O) groups is 1. The van der Waals surface area contributed by atoms with Crippen molar-refractivity contribution >= 4 is 29.8 Å². The van der Waals surface area contributed by atoms with Crippen molar-refractivity contribution < 1.29 is 4.79 Å². The van der Waals surface area contributed by atoms with Crippen LogP contribution in [0.2, 0.25) is 5.02 Å². The highest BCUT2D eigenvalue weighted by Crippen LogP contribution is 2.25. The molecule has 2 aromatic carbocycles. The van der Waals surface area contributed by atoms with E-state index in [4.69, 9.17) is 11.6 Å². The molecule has 0 heterocycles. The molecule has 2 aromatic rings. The Morgan fingerprint density at radius 3 is 2.42 bits per heavy atom. The summed E-state index contributed by atoms with van der Waals surface area (Å²) in [6.07, 6.45) is 0.750. The molecule has 0 aliphatic rings. The maximum Gasteiger partial charge on any atom is 0.207 e. The van der Waals surface area contributed by atoms with Gasteiger partial charge in [0.25, 0.3) is 0 Å². The largest absolute Gasteiger partial charge is 0.351 e. The zero-order valence-corrected chi connectivity index (χ0v) is 11.8. The Labute approximate surface area is 122 Å². The molecule has 0 aromatic heterocycles. The van der Waals surface area contributed by atoms with Crippen molar-refractivity contribution in [1.29, 1.82) is 0 Å². The van der Waals surface area contributed by atoms with Gasteiger partial charge in [0, 0.05) is 15.7 Å². The van der Waals surface area contributed by atoms with Gasteiger partial charge in [0.2, 0.25) is 6.41 Å². The van der Waals surface area contributed by atoms with E-state index >= 15 is 0 Å². The van der Waals surface area contributed by atoms with Crippen LogP contribution in [0.3, 0.4) is 0 Å². The average molecular weight is 292 g/mol. The summed E-state index contributed by atoms with van der Waals surface area (Å²) in [6, 6.07) is 17.7. The van der Waals surface area contributed by atoms with Crippen molar-refractivity contribution in [3.05, 3.63) is 65.2 Å². The Bertz CT molecular complexity index is 515. The van der Waals surface area contributed by atoms with Crippen molar-refractivity contribution in [2.45, 2.75) is 10.9 Å². The molecule has 0 bridgehead atoms. The Kier molecular flexibility index (Phi) is 5.31. The second-order valence-electron chi connectivity index (χ2n) is 4.01. The Morgan fingerprint density at radius 1 is 1.11 bits per heavy atom. The number of benzene rings is 2. The van der Waals surface area contributed by atoms with E-state index in [9.17, 15) is 4.79 Å². The molecule has 98 valence electrons. The molecule has 0 aliphatic carbocycles. The Hall–Kier alpha value is -1.45. The number of amides is 1. The van der Waals surface area contributed by atoms with Crippen LogP contribution >= 0.6 is 23.4 Å². The molecule has 0 radical (unpaired) electrons. The summed E-state index contributed by atoms with van der Waals surface area (Å²) in [7, 11) is 0. The lowest BCUT2D eigenvalue weighted by atomic mass is 10.1. The normalized spacial score (nSPS) is 11.8. The van der Waals surface area contributed by atoms with Crippen LogP contribution < -0.4 is 5.32 Å². The highest BCUT2D eigenvalue weighted by Gasteiger charge is 2.10. The van der Waals surface area contributed by atoms with E-state index in [1.165, 1.54) is 0 Å². The van der Waals surface area contributed by atoms with Crippen LogP contribution in [0.25, 0.3) is 0 Å². The third kappa shape index (κ3) is 4.30. The summed E-state index contributed by atoms with van der Waals surface area (Å²) < 4.78 is 0. The predicted octanol–water partition coefficient (Wildman–Crippen LogP) is 3.92. The predicted molar refractivity (Wildman–Crippen MR) is 80.6 cm³/mol. The van der Waals surface area contributed by atoms with Crippen molar-refractivity contribution in [1.82, 2.24) is 5.32 Å². The third-order valence-electron chi connectivity index (χ3n) is 2.70. The number of hydrogen-bond acceptors (Lipinski definition) is 2. The van der Waals surface area contributed by atoms with Gasteiger partial charge in [-0.1, -0.05) is 41.9 Å². The summed E-state index contributed by atoms with van der Waals surface area (Å²) >= 11 is 7.54. The first-order chi connectivity index (χ1) is 9.29. The number of thioether (sulfide) groups is 1. The van der Waals surface area contributed by atoms with Gasteiger partial charge in [-0.05, 0) is 29.8 Å². The lowest BCUT2D eigenvalue weighted by Crippen LogP contribution is -2.21. The molecule has 2 nitrogen and oxygen atoms in total. The zero-order valence-electron chi connectivity index (χ0n) is 10.3. The van der Waals surface area contributed by atoms with Crippen LogP contribution in [0.5, 0.6) is 0 Å². The van der Waals surface area contributed by atoms with Crippen molar-refractivity contribution in [2.24, 2.45) is 0 Å². The molecule has 1 unspecified atom stereocenters. The molecule has 19 heavy (non-hydrogen) atoms. The molecule has 0 saturated carbocycles. The highest BCUT2D eigenvalue weighted by molar-refractivity contribution is 7.99. The minimum absolute atomic E-state index is 0.0133. The lowest BCUT2D eigenvalue weighted by Gasteiger charge is -2.16. The molecular weight excluding hydrogens is 278 g/mol. The smallest absolute Gasteiger partial charge is 0.207 e. The molecule has 1 atom stereocenters. The SMILES string of the molecule is O=CNC(CSc1ccc(Cl)cc1)c1ccccc1. The molecular formula is C15H14ClNOS. The summed E-state index contributed by atoms with van der Waals surface area (Å²) in [5, 5.41) is 3.58. The van der Waals surface area contributed by atoms with Gasteiger partial charge in [0.05, 0.1) is 6.04 Å². The molecule has 1 N–H and O–H groups in total. The van der Waals surface area contributed by atoms with Crippen LogP contribution in [-0.2, 0) is 4.79 Å². The number of rotatable bonds is 6. The molecule has 0 spiro atoms. The maximum atomic E-state index is 10.7. The standard InChI is InChI=1S/C15H14ClNOS/c16-13-6-8-14(9-7-13)19-10-15(17-11-18)12-4-2-1-3-5-12/h1-9,11,15H,10H2,(H,17,18). The minimum atomic E-state index is 0.0133. The van der Waals surface area contributed by atoms with Crippen molar-refractivity contribution in [3.8, 4) is 0 Å². The molecule has 4 heteroatoms. The summed E-state index contributed by atoms with van der Waals surface area (Å²) in [5.74, 6) is 0.782. The molecule has 1 amide bonds. The van der Waals surface area contributed by atoms with Crippen LogP contribution in [0, 0.1) is 0 Å². The van der Waals surface area contributed by atoms with Gasteiger partial charge in [-0.25, -0.2) is 0 Å². The fraction of sp³-hybridized carbons (Fsp3) is 0.133. The summed E-state index contributed by atoms with van der Waals surface area (Å²) in [6.45, 7) is 0. The van der Waals surface area contributed by atoms with Gasteiger partial charge >= 0.3 is 0 Å². The average Bonchev–Trinajstić information content (AvgIpc) is 2.46. The van der Waals surface area contributed by atoms with Gasteiger partial charge in [0.15, 0.2) is 0 Å². The fourth-order valence-electron chi connectivity index (χ4n) is 1.72. The quantitative estimate of drug-likeness (QED) is 0.645. The van der Waals surface area contributed by atoms with Gasteiger partial charge in [-0.3, -0.25) is 4.79 Å². The Balaban J connectivity index is 2.01. The van der Waals surface area contributed by atoms with E-state index in [-0.39, 0.29) is 6.04 Å².